The van der Waals surface area contributed by atoms with Crippen molar-refractivity contribution in [3.8, 4) is 34.4 Å². The van der Waals surface area contributed by atoms with Crippen LogP contribution >= 0.6 is 0 Å². The van der Waals surface area contributed by atoms with Gasteiger partial charge in [0.2, 0.25) is 11.2 Å². The zero-order chi connectivity index (χ0) is 32.2. The van der Waals surface area contributed by atoms with Crippen LogP contribution < -0.4 is 20.2 Å². The number of aromatic nitrogens is 2. The van der Waals surface area contributed by atoms with Gasteiger partial charge in [-0.3, -0.25) is 0 Å². The Kier molecular flexibility index (Phi) is 7.29. The quantitative estimate of drug-likeness (QED) is 0.142. The number of hydrogen-bond donors (Lipinski definition) is 0. The first-order chi connectivity index (χ1) is 23.7. The van der Waals surface area contributed by atoms with Crippen LogP contribution in [0.25, 0.3) is 88.2 Å². The van der Waals surface area contributed by atoms with Gasteiger partial charge >= 0.3 is 21.9 Å². The molecule has 0 amide bonds. The largest absolute Gasteiger partial charge is 2.00 e. The molecule has 0 fully saturated rings. The normalized spacial score (nSPS) is 11.3. The minimum absolute atomic E-state index is 0. The van der Waals surface area contributed by atoms with E-state index in [0.717, 1.165) is 54.5 Å². The van der Waals surface area contributed by atoms with E-state index in [-0.39, 0.29) is 21.6 Å². The third kappa shape index (κ3) is 4.86. The topological polar surface area (TPSA) is 101 Å². The summed E-state index contributed by atoms with van der Waals surface area (Å²) in [7, 11) is 0. The van der Waals surface area contributed by atoms with Crippen molar-refractivity contribution in [2.75, 3.05) is 0 Å². The summed E-state index contributed by atoms with van der Waals surface area (Å²) in [5.74, 6) is 0.886. The summed E-state index contributed by atoms with van der Waals surface area (Å²) >= 11 is 0. The van der Waals surface area contributed by atoms with Crippen molar-refractivity contribution in [2.45, 2.75) is 0 Å². The predicted octanol–water partition coefficient (Wildman–Crippen LogP) is 8.21. The Labute approximate surface area is 283 Å². The molecule has 0 aliphatic rings. The smallest absolute Gasteiger partial charge is 0.872 e. The van der Waals surface area contributed by atoms with Crippen LogP contribution in [0.2, 0.25) is 0 Å². The molecular formula is C42H26BeN2O4+2. The number of fused-ring (bicyclic) bond motifs is 12. The van der Waals surface area contributed by atoms with Gasteiger partial charge in [0.15, 0.2) is 0 Å². The van der Waals surface area contributed by atoms with Crippen LogP contribution in [0.15, 0.2) is 154 Å². The first kappa shape index (κ1) is 29.9. The summed E-state index contributed by atoms with van der Waals surface area (Å²) in [6, 6.07) is 46.6. The summed E-state index contributed by atoms with van der Waals surface area (Å²) in [4.78, 5) is 6.64. The molecule has 0 saturated carbocycles. The molecule has 49 heavy (non-hydrogen) atoms. The molecule has 0 aliphatic carbocycles. The van der Waals surface area contributed by atoms with Gasteiger partial charge in [-0.15, -0.1) is 0 Å². The third-order valence-corrected chi connectivity index (χ3v) is 8.92. The van der Waals surface area contributed by atoms with Crippen molar-refractivity contribution in [1.29, 1.82) is 0 Å². The number of aromatic amines is 2. The Morgan fingerprint density at radius 3 is 1.00 bits per heavy atom. The third-order valence-electron chi connectivity index (χ3n) is 8.92. The minimum Gasteiger partial charge on any atom is -0.872 e. The monoisotopic (exact) mass is 631 g/mol. The van der Waals surface area contributed by atoms with Crippen LogP contribution in [-0.4, -0.2) is 10.1 Å². The molecule has 0 unspecified atom stereocenters. The molecule has 0 aliphatic heterocycles. The average Bonchev–Trinajstić information content (AvgIpc) is 3.79. The van der Waals surface area contributed by atoms with Crippen molar-refractivity contribution < 1.29 is 29.0 Å². The maximum Gasteiger partial charge on any atom is 2.00 e. The van der Waals surface area contributed by atoms with Gasteiger partial charge in [0, 0.05) is 10.8 Å². The molecule has 2 N–H and O–H groups in total. The zero-order valence-electron chi connectivity index (χ0n) is 26.2. The second-order valence-corrected chi connectivity index (χ2v) is 11.7. The van der Waals surface area contributed by atoms with Crippen molar-refractivity contribution >= 4 is 75.4 Å². The number of nitrogens with one attached hydrogen (secondary N) is 2. The number of oxazole rings is 2. The van der Waals surface area contributed by atoms with Crippen molar-refractivity contribution in [3.63, 3.8) is 0 Å². The summed E-state index contributed by atoms with van der Waals surface area (Å²) < 4.78 is 12.2. The fourth-order valence-electron chi connectivity index (χ4n) is 6.71. The van der Waals surface area contributed by atoms with Gasteiger partial charge in [-0.2, -0.15) is 9.97 Å². The second kappa shape index (κ2) is 11.9. The van der Waals surface area contributed by atoms with Crippen molar-refractivity contribution in [1.82, 2.24) is 0 Å². The van der Waals surface area contributed by atoms with Gasteiger partial charge in [-0.05, 0) is 45.8 Å². The Bertz CT molecular complexity index is 2500. The Morgan fingerprint density at radius 1 is 0.347 bits per heavy atom. The van der Waals surface area contributed by atoms with E-state index in [1.54, 1.807) is 36.4 Å². The van der Waals surface area contributed by atoms with Gasteiger partial charge in [0.1, 0.15) is 0 Å². The second-order valence-electron chi connectivity index (χ2n) is 11.7. The molecular weight excluding hydrogens is 605 g/mol. The number of hydrogen-bond acceptors (Lipinski definition) is 4. The van der Waals surface area contributed by atoms with E-state index >= 15 is 0 Å². The van der Waals surface area contributed by atoms with Crippen LogP contribution in [0, 0.1) is 0 Å². The van der Waals surface area contributed by atoms with Gasteiger partial charge in [-0.25, -0.2) is 0 Å². The Hall–Kier alpha value is -6.49. The van der Waals surface area contributed by atoms with E-state index in [4.69, 9.17) is 8.83 Å². The fraction of sp³-hybridized carbons (Fsp3) is 0. The molecule has 228 valence electrons. The first-order valence-electron chi connectivity index (χ1n) is 15.7. The molecule has 10 aromatic rings. The molecule has 0 saturated heterocycles. The van der Waals surface area contributed by atoms with Gasteiger partial charge in [0.25, 0.3) is 11.0 Å². The molecule has 0 bridgehead atoms. The summed E-state index contributed by atoms with van der Waals surface area (Å²) in [5.41, 5.74) is 4.49. The molecule has 6 nitrogen and oxygen atoms in total. The van der Waals surface area contributed by atoms with E-state index < -0.39 is 0 Å². The van der Waals surface area contributed by atoms with Gasteiger partial charge in [0.05, 0.1) is 21.9 Å². The number of para-hydroxylation sites is 2. The SMILES string of the molecule is [Be+2].[O-]c1ccccc1-c1[nH+]c2c3ccccc3c3ccccc3c2o1.[O-]c1ccccc1-c1[nH+]c2c3ccccc3c3ccccc3c2o1. The van der Waals surface area contributed by atoms with E-state index in [1.807, 2.05) is 72.8 Å². The number of benzene rings is 8. The van der Waals surface area contributed by atoms with Crippen molar-refractivity contribution in [2.24, 2.45) is 0 Å². The van der Waals surface area contributed by atoms with Crippen LogP contribution in [0.1, 0.15) is 0 Å². The molecule has 0 atom stereocenters. The number of H-pyrrole nitrogens is 2. The van der Waals surface area contributed by atoms with Crippen LogP contribution in [-0.2, 0) is 0 Å². The molecule has 8 aromatic carbocycles. The molecule has 0 spiro atoms. The minimum atomic E-state index is -0.0542. The summed E-state index contributed by atoms with van der Waals surface area (Å²) in [6.45, 7) is 0. The first-order valence-corrected chi connectivity index (χ1v) is 15.7. The molecule has 0 radical (unpaired) electrons. The average molecular weight is 632 g/mol. The molecule has 10 rings (SSSR count). The Balaban J connectivity index is 0.000000139. The van der Waals surface area contributed by atoms with Crippen LogP contribution in [0.5, 0.6) is 11.5 Å². The Morgan fingerprint density at radius 2 is 0.633 bits per heavy atom. The molecule has 7 heteroatoms. The van der Waals surface area contributed by atoms with Crippen molar-refractivity contribution in [3.05, 3.63) is 146 Å². The zero-order valence-corrected chi connectivity index (χ0v) is 26.2. The van der Waals surface area contributed by atoms with E-state index in [1.165, 1.54) is 10.8 Å². The standard InChI is InChI=1S/2C21H13NO2.Be/c2*23-18-12-6-5-11-17(18)21-22-19-15-9-3-1-7-13(15)14-8-2-4-10-16(14)20(19)24-21;/h2*1-12,23H;/q;;+2. The van der Waals surface area contributed by atoms with E-state index in [9.17, 15) is 10.2 Å². The molecule has 2 aromatic heterocycles. The van der Waals surface area contributed by atoms with Crippen LogP contribution in [0.3, 0.4) is 0 Å². The van der Waals surface area contributed by atoms with Gasteiger partial charge < -0.3 is 19.0 Å². The molecule has 2 heterocycles. The van der Waals surface area contributed by atoms with E-state index in [2.05, 4.69) is 46.4 Å². The summed E-state index contributed by atoms with van der Waals surface area (Å²) in [6.07, 6.45) is 0. The van der Waals surface area contributed by atoms with E-state index in [0.29, 0.717) is 22.9 Å². The predicted molar refractivity (Wildman–Crippen MR) is 191 cm³/mol. The number of rotatable bonds is 2. The van der Waals surface area contributed by atoms with Gasteiger partial charge in [-0.1, -0.05) is 133 Å². The maximum absolute atomic E-state index is 12.1. The maximum atomic E-state index is 12.1. The fourth-order valence-corrected chi connectivity index (χ4v) is 6.71. The van der Waals surface area contributed by atoms with Crippen LogP contribution in [0.4, 0.5) is 0 Å². The summed E-state index contributed by atoms with van der Waals surface area (Å²) in [5, 5.41) is 33.2.